The molecule has 0 bridgehead atoms. The molecule has 0 aliphatic carbocycles. The lowest BCUT2D eigenvalue weighted by Gasteiger charge is -2.14. The van der Waals surface area contributed by atoms with Crippen molar-refractivity contribution in [3.63, 3.8) is 0 Å². The van der Waals surface area contributed by atoms with E-state index in [0.717, 1.165) is 6.07 Å². The predicted octanol–water partition coefficient (Wildman–Crippen LogP) is 4.29. The Balaban J connectivity index is 1.71. The molecule has 1 heterocycles. The number of ether oxygens (including phenoxy) is 1. The van der Waals surface area contributed by atoms with Crippen LogP contribution in [0.15, 0.2) is 65.7 Å². The van der Waals surface area contributed by atoms with Gasteiger partial charge in [0.25, 0.3) is 0 Å². The Morgan fingerprint density at radius 1 is 1.07 bits per heavy atom. The van der Waals surface area contributed by atoms with Crippen LogP contribution in [-0.2, 0) is 22.7 Å². The van der Waals surface area contributed by atoms with Gasteiger partial charge in [-0.15, -0.1) is 0 Å². The van der Waals surface area contributed by atoms with Crippen molar-refractivity contribution >= 4 is 15.7 Å². The number of aromatic nitrogens is 1. The third kappa shape index (κ3) is 5.45. The molecule has 30 heavy (non-hydrogen) atoms. The van der Waals surface area contributed by atoms with Crippen LogP contribution in [0.5, 0.6) is 11.6 Å². The highest BCUT2D eigenvalue weighted by molar-refractivity contribution is 7.89. The van der Waals surface area contributed by atoms with E-state index in [1.54, 1.807) is 12.1 Å². The molecule has 0 aliphatic rings. The van der Waals surface area contributed by atoms with Gasteiger partial charge in [0.15, 0.2) is 0 Å². The molecular weight excluding hydrogens is 426 g/mol. The lowest BCUT2D eigenvalue weighted by Crippen LogP contribution is -2.19. The first-order valence-electron chi connectivity index (χ1n) is 8.39. The van der Waals surface area contributed by atoms with Gasteiger partial charge < -0.3 is 10.1 Å². The lowest BCUT2D eigenvalue weighted by atomic mass is 10.2. The number of nitrogens with zero attached hydrogens (tertiary/aromatic N) is 1. The van der Waals surface area contributed by atoms with Crippen LogP contribution in [0, 0.1) is 5.82 Å². The summed E-state index contributed by atoms with van der Waals surface area (Å²) in [4.78, 5) is 3.06. The van der Waals surface area contributed by atoms with Crippen molar-refractivity contribution in [2.75, 3.05) is 5.32 Å². The van der Waals surface area contributed by atoms with E-state index in [2.05, 4.69) is 10.3 Å². The Morgan fingerprint density at radius 2 is 1.83 bits per heavy atom. The van der Waals surface area contributed by atoms with Crippen LogP contribution in [0.25, 0.3) is 0 Å². The number of anilines is 1. The Hall–Kier alpha value is -3.18. The molecule has 0 radical (unpaired) electrons. The number of hydrogen-bond donors (Lipinski definition) is 2. The minimum Gasteiger partial charge on any atom is -0.439 e. The van der Waals surface area contributed by atoms with Crippen LogP contribution < -0.4 is 15.2 Å². The molecule has 158 valence electrons. The molecule has 0 aliphatic heterocycles. The second-order valence-corrected chi connectivity index (χ2v) is 7.70. The van der Waals surface area contributed by atoms with E-state index >= 15 is 0 Å². The number of primary sulfonamides is 1. The number of sulfonamides is 1. The van der Waals surface area contributed by atoms with Crippen LogP contribution in [-0.4, -0.2) is 13.4 Å². The Kier molecular flexibility index (Phi) is 5.94. The van der Waals surface area contributed by atoms with Crippen LogP contribution >= 0.6 is 0 Å². The van der Waals surface area contributed by atoms with Gasteiger partial charge in [0.05, 0.1) is 10.5 Å². The number of nitrogens with two attached hydrogens (primary N) is 1. The molecule has 0 unspecified atom stereocenters. The van der Waals surface area contributed by atoms with E-state index in [0.29, 0.717) is 11.6 Å². The van der Waals surface area contributed by atoms with E-state index < -0.39 is 32.5 Å². The lowest BCUT2D eigenvalue weighted by molar-refractivity contribution is -0.139. The summed E-state index contributed by atoms with van der Waals surface area (Å²) in [6, 6.07) is 11.3. The molecule has 0 fully saturated rings. The highest BCUT2D eigenvalue weighted by Crippen LogP contribution is 2.35. The van der Waals surface area contributed by atoms with Crippen LogP contribution in [0.1, 0.15) is 11.1 Å². The minimum atomic E-state index is -4.89. The molecule has 3 N–H and O–H groups in total. The van der Waals surface area contributed by atoms with Gasteiger partial charge in [0, 0.05) is 30.6 Å². The zero-order chi connectivity index (χ0) is 21.9. The molecule has 3 rings (SSSR count). The predicted molar refractivity (Wildman–Crippen MR) is 101 cm³/mol. The van der Waals surface area contributed by atoms with Gasteiger partial charge in [-0.25, -0.2) is 22.9 Å². The summed E-state index contributed by atoms with van der Waals surface area (Å²) in [6.45, 7) is 0.110. The molecule has 0 saturated carbocycles. The number of alkyl halides is 3. The fraction of sp³-hybridized carbons (Fsp3) is 0.105. The fourth-order valence-corrected chi connectivity index (χ4v) is 3.28. The van der Waals surface area contributed by atoms with Crippen molar-refractivity contribution in [3.05, 3.63) is 77.7 Å². The highest BCUT2D eigenvalue weighted by atomic mass is 32.2. The maximum atomic E-state index is 13.2. The summed E-state index contributed by atoms with van der Waals surface area (Å²) >= 11 is 0. The smallest absolute Gasteiger partial charge is 0.417 e. The monoisotopic (exact) mass is 441 g/mol. The zero-order valence-electron chi connectivity index (χ0n) is 15.2. The van der Waals surface area contributed by atoms with E-state index in [-0.39, 0.29) is 23.9 Å². The average Bonchev–Trinajstić information content (AvgIpc) is 2.66. The summed E-state index contributed by atoms with van der Waals surface area (Å²) in [5, 5.41) is 7.62. The molecule has 0 spiro atoms. The third-order valence-corrected chi connectivity index (χ3v) is 4.87. The Morgan fingerprint density at radius 3 is 2.43 bits per heavy atom. The molecule has 11 heteroatoms. The van der Waals surface area contributed by atoms with Crippen molar-refractivity contribution in [2.45, 2.75) is 17.6 Å². The van der Waals surface area contributed by atoms with E-state index in [1.165, 1.54) is 36.5 Å². The molecule has 2 aromatic carbocycles. The van der Waals surface area contributed by atoms with Gasteiger partial charge in [0.1, 0.15) is 11.6 Å². The summed E-state index contributed by atoms with van der Waals surface area (Å²) in [6.07, 6.45) is -3.46. The van der Waals surface area contributed by atoms with Crippen LogP contribution in [0.4, 0.5) is 23.2 Å². The van der Waals surface area contributed by atoms with Gasteiger partial charge in [0.2, 0.25) is 15.9 Å². The number of rotatable bonds is 6. The number of hydrogen-bond acceptors (Lipinski definition) is 5. The molecule has 0 amide bonds. The molecule has 3 aromatic rings. The fourth-order valence-electron chi connectivity index (χ4n) is 2.54. The third-order valence-electron chi connectivity index (χ3n) is 3.90. The first-order chi connectivity index (χ1) is 14.0. The number of pyridine rings is 1. The maximum absolute atomic E-state index is 13.2. The standard InChI is InChI=1S/C19H15F4N3O3S/c20-13-2-1-3-15(8-13)29-18-7-4-12(11-26-18)10-25-14-5-6-17(30(24,27)28)16(9-14)19(21,22)23/h1-9,11,25H,10H2,(H2,24,27,28). The quantitative estimate of drug-likeness (QED) is 0.557. The minimum absolute atomic E-state index is 0.0508. The molecule has 0 atom stereocenters. The maximum Gasteiger partial charge on any atom is 0.417 e. The first-order valence-corrected chi connectivity index (χ1v) is 9.93. The van der Waals surface area contributed by atoms with Crippen molar-refractivity contribution < 1.29 is 30.7 Å². The Bertz CT molecular complexity index is 1150. The number of nitrogens with one attached hydrogen (secondary N) is 1. The summed E-state index contributed by atoms with van der Waals surface area (Å²) in [5.41, 5.74) is -0.688. The topological polar surface area (TPSA) is 94.3 Å². The molecular formula is C19H15F4N3O3S. The summed E-state index contributed by atoms with van der Waals surface area (Å²) < 4.78 is 80.9. The zero-order valence-corrected chi connectivity index (χ0v) is 16.0. The first kappa shape index (κ1) is 21.5. The van der Waals surface area contributed by atoms with Crippen molar-refractivity contribution in [1.82, 2.24) is 4.98 Å². The van der Waals surface area contributed by atoms with Crippen molar-refractivity contribution in [2.24, 2.45) is 5.14 Å². The second-order valence-electron chi connectivity index (χ2n) is 6.17. The van der Waals surface area contributed by atoms with Crippen LogP contribution in [0.3, 0.4) is 0 Å². The van der Waals surface area contributed by atoms with E-state index in [4.69, 9.17) is 9.88 Å². The van der Waals surface area contributed by atoms with Gasteiger partial charge in [-0.3, -0.25) is 0 Å². The highest BCUT2D eigenvalue weighted by Gasteiger charge is 2.36. The normalized spacial score (nSPS) is 11.9. The van der Waals surface area contributed by atoms with Gasteiger partial charge in [-0.1, -0.05) is 12.1 Å². The molecule has 0 saturated heterocycles. The number of benzene rings is 2. The van der Waals surface area contributed by atoms with Gasteiger partial charge in [-0.05, 0) is 35.9 Å². The van der Waals surface area contributed by atoms with Crippen LogP contribution in [0.2, 0.25) is 0 Å². The number of halogens is 4. The van der Waals surface area contributed by atoms with E-state index in [9.17, 15) is 26.0 Å². The second kappa shape index (κ2) is 8.28. The summed E-state index contributed by atoms with van der Waals surface area (Å²) in [7, 11) is -4.53. The van der Waals surface area contributed by atoms with Gasteiger partial charge in [-0.2, -0.15) is 13.2 Å². The van der Waals surface area contributed by atoms with Crippen molar-refractivity contribution in [3.8, 4) is 11.6 Å². The largest absolute Gasteiger partial charge is 0.439 e. The molecule has 1 aromatic heterocycles. The Labute approximate surface area is 169 Å². The van der Waals surface area contributed by atoms with Crippen molar-refractivity contribution in [1.29, 1.82) is 0 Å². The summed E-state index contributed by atoms with van der Waals surface area (Å²) in [5.74, 6) is 0.0178. The van der Waals surface area contributed by atoms with E-state index in [1.807, 2.05) is 0 Å². The SMILES string of the molecule is NS(=O)(=O)c1ccc(NCc2ccc(Oc3cccc(F)c3)nc2)cc1C(F)(F)F. The van der Waals surface area contributed by atoms with Gasteiger partial charge >= 0.3 is 6.18 Å². The molecule has 6 nitrogen and oxygen atoms in total. The average molecular weight is 441 g/mol.